The van der Waals surface area contributed by atoms with Gasteiger partial charge >= 0.3 is 0 Å². The smallest absolute Gasteiger partial charge is 0.118 e. The minimum Gasteiger partial charge on any atom is -0.497 e. The van der Waals surface area contributed by atoms with E-state index in [9.17, 15) is 0 Å². The number of rotatable bonds is 2. The quantitative estimate of drug-likeness (QED) is 0.512. The Bertz CT molecular complexity index is 1060. The van der Waals surface area contributed by atoms with Gasteiger partial charge in [0.15, 0.2) is 0 Å². The molecule has 0 fully saturated rings. The Balaban J connectivity index is 2.10. The molecular weight excluding hydrogens is 320 g/mol. The molecule has 1 N–H and O–H groups in total. The lowest BCUT2D eigenvalue weighted by atomic mass is 9.99. The maximum absolute atomic E-state index is 6.54. The van der Waals surface area contributed by atoms with Crippen LogP contribution in [0.1, 0.15) is 11.3 Å². The predicted octanol–water partition coefficient (Wildman–Crippen LogP) is 5.66. The van der Waals surface area contributed by atoms with Crippen molar-refractivity contribution in [1.82, 2.24) is 9.97 Å². The lowest BCUT2D eigenvalue weighted by Gasteiger charge is -2.09. The second kappa shape index (κ2) is 5.53. The molecule has 0 saturated carbocycles. The molecule has 0 unspecified atom stereocenters. The summed E-state index contributed by atoms with van der Waals surface area (Å²) < 4.78 is 5.26. The van der Waals surface area contributed by atoms with Gasteiger partial charge in [-0.25, -0.2) is 0 Å². The molecule has 0 bridgehead atoms. The zero-order valence-corrected chi connectivity index (χ0v) is 14.5. The van der Waals surface area contributed by atoms with Gasteiger partial charge in [-0.15, -0.1) is 0 Å². The van der Waals surface area contributed by atoms with Crippen molar-refractivity contribution >= 4 is 33.4 Å². The van der Waals surface area contributed by atoms with Gasteiger partial charge in [0.2, 0.25) is 0 Å². The summed E-state index contributed by atoms with van der Waals surface area (Å²) in [5, 5.41) is 3.09. The van der Waals surface area contributed by atoms with Gasteiger partial charge in [-0.2, -0.15) is 0 Å². The van der Waals surface area contributed by atoms with E-state index in [0.29, 0.717) is 0 Å². The maximum Gasteiger partial charge on any atom is 0.118 e. The molecule has 0 radical (unpaired) electrons. The number of aromatic amines is 1. The first-order valence-corrected chi connectivity index (χ1v) is 8.18. The second-order valence-corrected chi connectivity index (χ2v) is 6.36. The Hall–Kier alpha value is -2.52. The van der Waals surface area contributed by atoms with Gasteiger partial charge in [0, 0.05) is 27.6 Å². The van der Waals surface area contributed by atoms with E-state index in [0.717, 1.165) is 55.0 Å². The van der Waals surface area contributed by atoms with E-state index in [-0.39, 0.29) is 0 Å². The Labute approximate surface area is 145 Å². The van der Waals surface area contributed by atoms with Crippen LogP contribution in [0.3, 0.4) is 0 Å². The fourth-order valence-corrected chi connectivity index (χ4v) is 3.47. The predicted molar refractivity (Wildman–Crippen MR) is 100 cm³/mol. The molecule has 4 rings (SSSR count). The molecule has 4 aromatic rings. The van der Waals surface area contributed by atoms with Crippen molar-refractivity contribution in [2.75, 3.05) is 7.11 Å². The molecular formula is C20H17ClN2O. The maximum atomic E-state index is 6.54. The fourth-order valence-electron chi connectivity index (χ4n) is 3.27. The van der Waals surface area contributed by atoms with Crippen LogP contribution in [0, 0.1) is 13.8 Å². The van der Waals surface area contributed by atoms with Crippen molar-refractivity contribution in [2.45, 2.75) is 13.8 Å². The van der Waals surface area contributed by atoms with Crippen LogP contribution < -0.4 is 4.74 Å². The summed E-state index contributed by atoms with van der Waals surface area (Å²) in [6.45, 7) is 4.08. The van der Waals surface area contributed by atoms with E-state index in [1.807, 2.05) is 37.4 Å². The third-order valence-corrected chi connectivity index (χ3v) is 4.98. The summed E-state index contributed by atoms with van der Waals surface area (Å²) in [4.78, 5) is 7.96. The summed E-state index contributed by atoms with van der Waals surface area (Å²) in [5.74, 6) is 0.838. The van der Waals surface area contributed by atoms with E-state index in [4.69, 9.17) is 16.3 Å². The number of H-pyrrole nitrogens is 1. The molecule has 3 nitrogen and oxygen atoms in total. The van der Waals surface area contributed by atoms with Gasteiger partial charge in [0.05, 0.1) is 23.8 Å². The molecule has 4 heteroatoms. The number of aryl methyl sites for hydroxylation is 2. The number of hydrogen-bond acceptors (Lipinski definition) is 2. The molecule has 2 aromatic carbocycles. The van der Waals surface area contributed by atoms with Gasteiger partial charge in [0.1, 0.15) is 5.75 Å². The minimum atomic E-state index is 0.767. The molecule has 0 spiro atoms. The minimum absolute atomic E-state index is 0.767. The molecule has 120 valence electrons. The SMILES string of the molecule is COc1ccc(-c2cc(Cl)c(C)c3c2[nH]c2c(C)nccc23)cc1. The van der Waals surface area contributed by atoms with Gasteiger partial charge in [-0.3, -0.25) is 4.98 Å². The highest BCUT2D eigenvalue weighted by Gasteiger charge is 2.16. The molecule has 0 atom stereocenters. The van der Waals surface area contributed by atoms with Crippen molar-refractivity contribution in [1.29, 1.82) is 0 Å². The van der Waals surface area contributed by atoms with Crippen molar-refractivity contribution in [2.24, 2.45) is 0 Å². The van der Waals surface area contributed by atoms with Gasteiger partial charge in [0.25, 0.3) is 0 Å². The molecule has 0 aliphatic rings. The van der Waals surface area contributed by atoms with Crippen molar-refractivity contribution in [3.8, 4) is 16.9 Å². The number of benzene rings is 2. The van der Waals surface area contributed by atoms with Gasteiger partial charge < -0.3 is 9.72 Å². The molecule has 2 heterocycles. The zero-order valence-electron chi connectivity index (χ0n) is 13.8. The number of aromatic nitrogens is 2. The lowest BCUT2D eigenvalue weighted by Crippen LogP contribution is -1.86. The average Bonchev–Trinajstić information content (AvgIpc) is 2.99. The molecule has 2 aromatic heterocycles. The first-order valence-electron chi connectivity index (χ1n) is 7.80. The molecule has 24 heavy (non-hydrogen) atoms. The topological polar surface area (TPSA) is 37.9 Å². The molecule has 0 saturated heterocycles. The summed E-state index contributed by atoms with van der Waals surface area (Å²) in [7, 11) is 1.67. The third-order valence-electron chi connectivity index (χ3n) is 4.58. The number of hydrogen-bond donors (Lipinski definition) is 1. The van der Waals surface area contributed by atoms with Crippen LogP contribution in [0.15, 0.2) is 42.6 Å². The standard InChI is InChI=1S/C20H17ClN2O/c1-11-17(21)10-16(13-4-6-14(24-3)7-5-13)20-18(11)15-8-9-22-12(2)19(15)23-20/h4-10,23H,1-3H3. The summed E-state index contributed by atoms with van der Waals surface area (Å²) in [6.07, 6.45) is 1.85. The summed E-state index contributed by atoms with van der Waals surface area (Å²) in [5.41, 5.74) is 6.40. The van der Waals surface area contributed by atoms with Crippen molar-refractivity contribution < 1.29 is 4.74 Å². The van der Waals surface area contributed by atoms with E-state index >= 15 is 0 Å². The van der Waals surface area contributed by atoms with Crippen LogP contribution in [0.25, 0.3) is 32.9 Å². The number of ether oxygens (including phenoxy) is 1. The number of nitrogens with one attached hydrogen (secondary N) is 1. The molecule has 0 aliphatic carbocycles. The first-order chi connectivity index (χ1) is 11.6. The second-order valence-electron chi connectivity index (χ2n) is 5.95. The third kappa shape index (κ3) is 2.16. The largest absolute Gasteiger partial charge is 0.497 e. The number of methoxy groups -OCH3 is 1. The summed E-state index contributed by atoms with van der Waals surface area (Å²) in [6, 6.07) is 12.1. The van der Waals surface area contributed by atoms with Crippen LogP contribution in [0.2, 0.25) is 5.02 Å². The zero-order chi connectivity index (χ0) is 16.8. The highest BCUT2D eigenvalue weighted by molar-refractivity contribution is 6.34. The number of nitrogens with zero attached hydrogens (tertiary/aromatic N) is 1. The van der Waals surface area contributed by atoms with E-state index < -0.39 is 0 Å². The number of halogens is 1. The number of pyridine rings is 1. The van der Waals surface area contributed by atoms with E-state index in [1.54, 1.807) is 7.11 Å². The summed E-state index contributed by atoms with van der Waals surface area (Å²) >= 11 is 6.54. The van der Waals surface area contributed by atoms with Crippen molar-refractivity contribution in [3.63, 3.8) is 0 Å². The fraction of sp³-hybridized carbons (Fsp3) is 0.150. The average molecular weight is 337 g/mol. The van der Waals surface area contributed by atoms with E-state index in [2.05, 4.69) is 29.0 Å². The van der Waals surface area contributed by atoms with Crippen LogP contribution in [0.5, 0.6) is 5.75 Å². The molecule has 0 aliphatic heterocycles. The van der Waals surface area contributed by atoms with Gasteiger partial charge in [-0.05, 0) is 49.2 Å². The van der Waals surface area contributed by atoms with Crippen LogP contribution in [-0.2, 0) is 0 Å². The monoisotopic (exact) mass is 336 g/mol. The Morgan fingerprint density at radius 1 is 1.04 bits per heavy atom. The number of fused-ring (bicyclic) bond motifs is 3. The van der Waals surface area contributed by atoms with Gasteiger partial charge in [-0.1, -0.05) is 23.7 Å². The van der Waals surface area contributed by atoms with Crippen LogP contribution >= 0.6 is 11.6 Å². The Morgan fingerprint density at radius 2 is 1.79 bits per heavy atom. The highest BCUT2D eigenvalue weighted by atomic mass is 35.5. The first kappa shape index (κ1) is 15.0. The lowest BCUT2D eigenvalue weighted by molar-refractivity contribution is 0.415. The van der Waals surface area contributed by atoms with E-state index in [1.165, 1.54) is 0 Å². The normalized spacial score (nSPS) is 11.3. The van der Waals surface area contributed by atoms with Crippen LogP contribution in [0.4, 0.5) is 0 Å². The van der Waals surface area contributed by atoms with Crippen molar-refractivity contribution in [3.05, 3.63) is 58.9 Å². The highest BCUT2D eigenvalue weighted by Crippen LogP contribution is 2.39. The van der Waals surface area contributed by atoms with Crippen LogP contribution in [-0.4, -0.2) is 17.1 Å². The Morgan fingerprint density at radius 3 is 2.50 bits per heavy atom. The Kier molecular flexibility index (Phi) is 3.47. The molecule has 0 amide bonds.